The second-order valence-corrected chi connectivity index (χ2v) is 8.09. The Kier molecular flexibility index (Phi) is 6.04. The third-order valence-corrected chi connectivity index (χ3v) is 4.72. The number of piperidine rings is 1. The van der Waals surface area contributed by atoms with Crippen LogP contribution in [0.1, 0.15) is 50.7 Å². The lowest BCUT2D eigenvalue weighted by Crippen LogP contribution is -2.41. The summed E-state index contributed by atoms with van der Waals surface area (Å²) >= 11 is 0. The molecule has 144 valence electrons. The molecule has 2 aromatic rings. The molecule has 0 spiro atoms. The molecule has 0 atom stereocenters. The number of amides is 1. The first-order valence-electron chi connectivity index (χ1n) is 9.65. The fourth-order valence-electron chi connectivity index (χ4n) is 3.34. The number of likely N-dealkylation sites (tertiary alicyclic amines) is 1. The minimum Gasteiger partial charge on any atom is -0.489 e. The van der Waals surface area contributed by atoms with Crippen molar-refractivity contribution in [3.8, 4) is 5.75 Å². The van der Waals surface area contributed by atoms with E-state index in [9.17, 15) is 4.79 Å². The first-order valence-corrected chi connectivity index (χ1v) is 9.65. The maximum atomic E-state index is 12.2. The summed E-state index contributed by atoms with van der Waals surface area (Å²) in [5.41, 5.74) is 2.06. The molecule has 0 unspecified atom stereocenters. The van der Waals surface area contributed by atoms with Gasteiger partial charge in [0.1, 0.15) is 18.0 Å². The Bertz CT molecular complexity index is 744. The van der Waals surface area contributed by atoms with Crippen molar-refractivity contribution in [3.63, 3.8) is 0 Å². The topological polar surface area (TPSA) is 38.8 Å². The van der Waals surface area contributed by atoms with Gasteiger partial charge in [-0.15, -0.1) is 0 Å². The van der Waals surface area contributed by atoms with Crippen molar-refractivity contribution >= 4 is 6.09 Å². The van der Waals surface area contributed by atoms with Crippen LogP contribution in [-0.2, 0) is 11.3 Å². The molecule has 1 amide bonds. The van der Waals surface area contributed by atoms with E-state index < -0.39 is 5.60 Å². The molecule has 2 aromatic carbocycles. The summed E-state index contributed by atoms with van der Waals surface area (Å²) in [7, 11) is 0. The fourth-order valence-corrected chi connectivity index (χ4v) is 3.34. The zero-order valence-electron chi connectivity index (χ0n) is 16.5. The highest BCUT2D eigenvalue weighted by molar-refractivity contribution is 5.68. The molecule has 27 heavy (non-hydrogen) atoms. The van der Waals surface area contributed by atoms with Crippen molar-refractivity contribution in [2.75, 3.05) is 13.1 Å². The molecule has 1 heterocycles. The highest BCUT2D eigenvalue weighted by atomic mass is 16.6. The SMILES string of the molecule is CC(C)(C)OC(=O)N1CCC(c2cccc(COc3ccccc3)c2)CC1. The van der Waals surface area contributed by atoms with Crippen LogP contribution in [0, 0.1) is 0 Å². The molecule has 0 N–H and O–H groups in total. The van der Waals surface area contributed by atoms with Crippen LogP contribution in [0.15, 0.2) is 54.6 Å². The van der Waals surface area contributed by atoms with Gasteiger partial charge in [-0.25, -0.2) is 4.79 Å². The second kappa shape index (κ2) is 8.47. The highest BCUT2D eigenvalue weighted by Crippen LogP contribution is 2.29. The number of benzene rings is 2. The number of carbonyl (C=O) groups excluding carboxylic acids is 1. The zero-order chi connectivity index (χ0) is 19.3. The smallest absolute Gasteiger partial charge is 0.410 e. The average Bonchev–Trinajstić information content (AvgIpc) is 2.66. The van der Waals surface area contributed by atoms with Gasteiger partial charge in [-0.3, -0.25) is 0 Å². The van der Waals surface area contributed by atoms with Crippen molar-refractivity contribution in [3.05, 3.63) is 65.7 Å². The van der Waals surface area contributed by atoms with E-state index >= 15 is 0 Å². The third-order valence-electron chi connectivity index (χ3n) is 4.72. The van der Waals surface area contributed by atoms with Crippen LogP contribution in [0.2, 0.25) is 0 Å². The molecule has 1 aliphatic rings. The number of carbonyl (C=O) groups is 1. The average molecular weight is 367 g/mol. The monoisotopic (exact) mass is 367 g/mol. The summed E-state index contributed by atoms with van der Waals surface area (Å²) in [6, 6.07) is 18.5. The quantitative estimate of drug-likeness (QED) is 0.728. The minimum atomic E-state index is -0.443. The van der Waals surface area contributed by atoms with Crippen LogP contribution >= 0.6 is 0 Å². The fraction of sp³-hybridized carbons (Fsp3) is 0.435. The number of nitrogens with zero attached hydrogens (tertiary/aromatic N) is 1. The Labute approximate surface area is 162 Å². The molecule has 1 saturated heterocycles. The standard InChI is InChI=1S/C23H29NO3/c1-23(2,3)27-22(25)24-14-12-19(13-15-24)20-9-7-8-18(16-20)17-26-21-10-5-4-6-11-21/h4-11,16,19H,12-15,17H2,1-3H3. The van der Waals surface area contributed by atoms with Crippen LogP contribution in [0.25, 0.3) is 0 Å². The zero-order valence-corrected chi connectivity index (χ0v) is 16.5. The van der Waals surface area contributed by atoms with Crippen molar-refractivity contribution in [2.24, 2.45) is 0 Å². The van der Waals surface area contributed by atoms with E-state index in [-0.39, 0.29) is 6.09 Å². The Morgan fingerprint density at radius 2 is 1.74 bits per heavy atom. The van der Waals surface area contributed by atoms with E-state index in [0.29, 0.717) is 12.5 Å². The lowest BCUT2D eigenvalue weighted by atomic mass is 9.89. The number of hydrogen-bond donors (Lipinski definition) is 0. The molecule has 3 rings (SSSR count). The Hall–Kier alpha value is -2.49. The molecule has 1 fully saturated rings. The Morgan fingerprint density at radius 3 is 2.41 bits per heavy atom. The molecule has 4 heteroatoms. The second-order valence-electron chi connectivity index (χ2n) is 8.09. The molecule has 0 saturated carbocycles. The van der Waals surface area contributed by atoms with Gasteiger partial charge in [-0.1, -0.05) is 42.5 Å². The summed E-state index contributed by atoms with van der Waals surface area (Å²) in [5.74, 6) is 1.36. The van der Waals surface area contributed by atoms with E-state index in [0.717, 1.165) is 31.7 Å². The van der Waals surface area contributed by atoms with E-state index in [2.05, 4.69) is 24.3 Å². The van der Waals surface area contributed by atoms with Gasteiger partial charge in [-0.05, 0) is 62.8 Å². The first-order chi connectivity index (χ1) is 12.9. The van der Waals surface area contributed by atoms with Gasteiger partial charge >= 0.3 is 6.09 Å². The lowest BCUT2D eigenvalue weighted by molar-refractivity contribution is 0.0205. The third kappa shape index (κ3) is 5.75. The summed E-state index contributed by atoms with van der Waals surface area (Å²) in [4.78, 5) is 14.0. The predicted molar refractivity (Wildman–Crippen MR) is 107 cm³/mol. The Morgan fingerprint density at radius 1 is 1.04 bits per heavy atom. The van der Waals surface area contributed by atoms with Gasteiger partial charge in [-0.2, -0.15) is 0 Å². The van der Waals surface area contributed by atoms with Gasteiger partial charge in [0, 0.05) is 13.1 Å². The van der Waals surface area contributed by atoms with Crippen LogP contribution in [0.5, 0.6) is 5.75 Å². The molecule has 4 nitrogen and oxygen atoms in total. The molecule has 0 radical (unpaired) electrons. The van der Waals surface area contributed by atoms with Crippen LogP contribution in [-0.4, -0.2) is 29.7 Å². The van der Waals surface area contributed by atoms with Gasteiger partial charge in [0.25, 0.3) is 0 Å². The number of para-hydroxylation sites is 1. The summed E-state index contributed by atoms with van der Waals surface area (Å²) in [6.45, 7) is 7.76. The molecule has 0 bridgehead atoms. The maximum Gasteiger partial charge on any atom is 0.410 e. The summed E-state index contributed by atoms with van der Waals surface area (Å²) < 4.78 is 11.3. The maximum absolute atomic E-state index is 12.2. The number of ether oxygens (including phenoxy) is 2. The van der Waals surface area contributed by atoms with Gasteiger partial charge in [0.15, 0.2) is 0 Å². The summed E-state index contributed by atoms with van der Waals surface area (Å²) in [6.07, 6.45) is 1.72. The molecule has 1 aliphatic heterocycles. The summed E-state index contributed by atoms with van der Waals surface area (Å²) in [5, 5.41) is 0. The van der Waals surface area contributed by atoms with E-state index in [1.807, 2.05) is 56.0 Å². The van der Waals surface area contributed by atoms with Crippen molar-refractivity contribution < 1.29 is 14.3 Å². The minimum absolute atomic E-state index is 0.203. The molecular formula is C23H29NO3. The number of hydrogen-bond acceptors (Lipinski definition) is 3. The predicted octanol–water partition coefficient (Wildman–Crippen LogP) is 5.38. The van der Waals surface area contributed by atoms with Crippen LogP contribution < -0.4 is 4.74 Å². The van der Waals surface area contributed by atoms with Crippen molar-refractivity contribution in [1.29, 1.82) is 0 Å². The Balaban J connectivity index is 1.54. The van der Waals surface area contributed by atoms with E-state index in [1.54, 1.807) is 0 Å². The van der Waals surface area contributed by atoms with Gasteiger partial charge in [0.05, 0.1) is 0 Å². The normalized spacial score (nSPS) is 15.4. The molecule has 0 aromatic heterocycles. The highest BCUT2D eigenvalue weighted by Gasteiger charge is 2.27. The van der Waals surface area contributed by atoms with E-state index in [1.165, 1.54) is 11.1 Å². The van der Waals surface area contributed by atoms with Crippen LogP contribution in [0.3, 0.4) is 0 Å². The number of rotatable bonds is 4. The lowest BCUT2D eigenvalue weighted by Gasteiger charge is -2.33. The molecule has 0 aliphatic carbocycles. The largest absolute Gasteiger partial charge is 0.489 e. The first kappa shape index (κ1) is 19.3. The molecular weight excluding hydrogens is 338 g/mol. The van der Waals surface area contributed by atoms with Crippen LogP contribution in [0.4, 0.5) is 4.79 Å². The van der Waals surface area contributed by atoms with E-state index in [4.69, 9.17) is 9.47 Å². The van der Waals surface area contributed by atoms with Crippen molar-refractivity contribution in [1.82, 2.24) is 4.90 Å². The van der Waals surface area contributed by atoms with Gasteiger partial charge in [0.2, 0.25) is 0 Å². The van der Waals surface area contributed by atoms with Crippen molar-refractivity contribution in [2.45, 2.75) is 51.7 Å². The van der Waals surface area contributed by atoms with Gasteiger partial charge < -0.3 is 14.4 Å².